The van der Waals surface area contributed by atoms with Crippen molar-refractivity contribution in [3.63, 3.8) is 0 Å². The van der Waals surface area contributed by atoms with Crippen molar-refractivity contribution in [2.24, 2.45) is 47.3 Å². The lowest BCUT2D eigenvalue weighted by Crippen LogP contribution is -2.20. The van der Waals surface area contributed by atoms with Gasteiger partial charge in [-0.25, -0.2) is 0 Å². The number of rotatable bonds is 21. The van der Waals surface area contributed by atoms with Gasteiger partial charge in [0.2, 0.25) is 0 Å². The summed E-state index contributed by atoms with van der Waals surface area (Å²) in [6.45, 7) is 11.6. The number of hydrogen-bond donors (Lipinski definition) is 10. The Morgan fingerprint density at radius 2 is 0.758 bits per heavy atom. The molecule has 2 saturated carbocycles. The molecule has 2 aliphatic carbocycles. The molecule has 2 aliphatic rings. The second-order valence-electron chi connectivity index (χ2n) is 19.7. The molecule has 3 aromatic carbocycles. The molecule has 0 radical (unpaired) electrons. The Kier molecular flexibility index (Phi) is 35.4. The summed E-state index contributed by atoms with van der Waals surface area (Å²) in [4.78, 5) is 0. The lowest BCUT2D eigenvalue weighted by atomic mass is 9.79. The van der Waals surface area contributed by atoms with Gasteiger partial charge in [-0.1, -0.05) is 161 Å². The first-order valence-electron chi connectivity index (χ1n) is 25.1. The van der Waals surface area contributed by atoms with Crippen LogP contribution in [-0.2, 0) is 12.8 Å². The van der Waals surface area contributed by atoms with Crippen molar-refractivity contribution >= 4 is 0 Å². The van der Waals surface area contributed by atoms with Gasteiger partial charge < -0.3 is 51.1 Å². The predicted octanol–water partition coefficient (Wildman–Crippen LogP) is 7.73. The first-order chi connectivity index (χ1) is 31.8. The molecule has 10 heteroatoms. The molecule has 0 atom stereocenters. The number of benzene rings is 3. The monoisotopic (exact) mass is 927 g/mol. The second kappa shape index (κ2) is 38.1. The number of aryl methyl sites for hydroxylation is 4. The number of hydrogen-bond acceptors (Lipinski definition) is 10. The minimum Gasteiger partial charge on any atom is -0.396 e. The summed E-state index contributed by atoms with van der Waals surface area (Å²) in [7, 11) is 0. The van der Waals surface area contributed by atoms with Crippen LogP contribution < -0.4 is 0 Å². The average molecular weight is 927 g/mol. The van der Waals surface area contributed by atoms with E-state index >= 15 is 0 Å². The van der Waals surface area contributed by atoms with Crippen LogP contribution in [0.15, 0.2) is 72.8 Å². The van der Waals surface area contributed by atoms with E-state index in [9.17, 15) is 0 Å². The van der Waals surface area contributed by atoms with E-state index < -0.39 is 0 Å². The third kappa shape index (κ3) is 27.9. The topological polar surface area (TPSA) is 202 Å². The molecule has 0 aromatic heterocycles. The van der Waals surface area contributed by atoms with Crippen molar-refractivity contribution in [1.29, 1.82) is 0 Å². The van der Waals surface area contributed by atoms with Crippen LogP contribution in [-0.4, -0.2) is 117 Å². The average Bonchev–Trinajstić information content (AvgIpc) is 3.34. The highest BCUT2D eigenvalue weighted by Crippen LogP contribution is 2.33. The molecular formula is C56H94O10. The fourth-order valence-corrected chi connectivity index (χ4v) is 8.29. The van der Waals surface area contributed by atoms with Gasteiger partial charge in [0, 0.05) is 82.4 Å². The molecule has 0 bridgehead atoms. The molecule has 10 nitrogen and oxygen atoms in total. The SMILES string of the molecule is CC1CCC(CC(CO)CO)CC1.CC1CCC(CCC(CO)CO)CC1.Cc1ccc(C(CO)CO)cc1.Cc1ccc(CC(CO)CO)cc1.Cc1ccc(CCC(CO)CO)cc1. The van der Waals surface area contributed by atoms with Gasteiger partial charge in [-0.05, 0) is 93.2 Å². The van der Waals surface area contributed by atoms with Crippen molar-refractivity contribution in [1.82, 2.24) is 0 Å². The van der Waals surface area contributed by atoms with Crippen LogP contribution >= 0.6 is 0 Å². The van der Waals surface area contributed by atoms with Crippen molar-refractivity contribution in [3.8, 4) is 0 Å². The smallest absolute Gasteiger partial charge is 0.0521 e. The van der Waals surface area contributed by atoms with Gasteiger partial charge in [-0.15, -0.1) is 0 Å². The molecule has 0 unspecified atom stereocenters. The summed E-state index contributed by atoms with van der Waals surface area (Å²) in [5, 5.41) is 89.1. The Morgan fingerprint density at radius 3 is 1.15 bits per heavy atom. The van der Waals surface area contributed by atoms with Crippen LogP contribution in [0.5, 0.6) is 0 Å². The minimum atomic E-state index is -0.134. The number of aliphatic hydroxyl groups is 10. The van der Waals surface area contributed by atoms with E-state index in [4.69, 9.17) is 51.1 Å². The fraction of sp³-hybridized carbons (Fsp3) is 0.679. The van der Waals surface area contributed by atoms with Gasteiger partial charge >= 0.3 is 0 Å². The van der Waals surface area contributed by atoms with Crippen LogP contribution in [0.2, 0.25) is 0 Å². The van der Waals surface area contributed by atoms with E-state index in [1.807, 2.05) is 62.4 Å². The van der Waals surface area contributed by atoms with Gasteiger partial charge in [0.25, 0.3) is 0 Å². The highest BCUT2D eigenvalue weighted by atomic mass is 16.3. The quantitative estimate of drug-likeness (QED) is 0.0504. The van der Waals surface area contributed by atoms with E-state index in [-0.39, 0.29) is 95.7 Å². The molecule has 0 spiro atoms. The maximum atomic E-state index is 8.95. The van der Waals surface area contributed by atoms with Gasteiger partial charge in [0.15, 0.2) is 0 Å². The first kappa shape index (κ1) is 61.3. The minimum absolute atomic E-state index is 0.000436. The Labute approximate surface area is 399 Å². The van der Waals surface area contributed by atoms with Crippen molar-refractivity contribution in [3.05, 3.63) is 106 Å². The Balaban J connectivity index is 0.000000413. The zero-order chi connectivity index (χ0) is 49.1. The highest BCUT2D eigenvalue weighted by Gasteiger charge is 2.21. The van der Waals surface area contributed by atoms with E-state index in [0.717, 1.165) is 61.3 Å². The lowest BCUT2D eigenvalue weighted by Gasteiger charge is -2.28. The van der Waals surface area contributed by atoms with Crippen molar-refractivity contribution in [2.75, 3.05) is 66.1 Å². The van der Waals surface area contributed by atoms with Crippen LogP contribution in [0, 0.1) is 68.1 Å². The van der Waals surface area contributed by atoms with E-state index in [1.165, 1.54) is 85.6 Å². The summed E-state index contributed by atoms with van der Waals surface area (Å²) in [5.41, 5.74) is 7.10. The first-order valence-corrected chi connectivity index (χ1v) is 25.1. The molecule has 0 aliphatic heterocycles. The molecule has 3 aromatic rings. The molecule has 66 heavy (non-hydrogen) atoms. The van der Waals surface area contributed by atoms with Crippen LogP contribution in [0.4, 0.5) is 0 Å². The molecule has 5 rings (SSSR count). The molecule has 10 N–H and O–H groups in total. The summed E-state index contributed by atoms with van der Waals surface area (Å²) in [6, 6.07) is 24.4. The van der Waals surface area contributed by atoms with Gasteiger partial charge in [0.1, 0.15) is 0 Å². The van der Waals surface area contributed by atoms with E-state index in [0.29, 0.717) is 0 Å². The highest BCUT2D eigenvalue weighted by molar-refractivity contribution is 5.25. The molecule has 2 fully saturated rings. The summed E-state index contributed by atoms with van der Waals surface area (Å²) < 4.78 is 0. The normalized spacial score (nSPS) is 18.2. The third-order valence-electron chi connectivity index (χ3n) is 13.6. The maximum Gasteiger partial charge on any atom is 0.0521 e. The largest absolute Gasteiger partial charge is 0.396 e. The van der Waals surface area contributed by atoms with Crippen LogP contribution in [0.1, 0.15) is 130 Å². The Morgan fingerprint density at radius 1 is 0.394 bits per heavy atom. The molecule has 0 saturated heterocycles. The predicted molar refractivity (Wildman–Crippen MR) is 269 cm³/mol. The number of aliphatic hydroxyl groups excluding tert-OH is 10. The zero-order valence-electron chi connectivity index (χ0n) is 41.6. The van der Waals surface area contributed by atoms with Crippen LogP contribution in [0.3, 0.4) is 0 Å². The van der Waals surface area contributed by atoms with Crippen LogP contribution in [0.25, 0.3) is 0 Å². The third-order valence-corrected chi connectivity index (χ3v) is 13.6. The maximum absolute atomic E-state index is 8.95. The molecule has 378 valence electrons. The zero-order valence-corrected chi connectivity index (χ0v) is 41.6. The Hall–Kier alpha value is -2.74. The second-order valence-corrected chi connectivity index (χ2v) is 19.7. The lowest BCUT2D eigenvalue weighted by molar-refractivity contribution is 0.118. The van der Waals surface area contributed by atoms with Gasteiger partial charge in [-0.3, -0.25) is 0 Å². The molecular weight excluding hydrogens is 833 g/mol. The molecule has 0 heterocycles. The van der Waals surface area contributed by atoms with E-state index in [2.05, 4.69) is 45.0 Å². The summed E-state index contributed by atoms with van der Waals surface area (Å²) in [5.74, 6) is 3.51. The standard InChI is InChI=1S/C12H24O2.C12H18O2.C11H22O2.C11H16O2.C10H14O2/c2*1-10-2-4-11(5-3-10)6-7-12(8-13)9-14;2*1-9-2-4-10(5-3-9)6-11(7-12)8-13;1-8-2-4-9(5-3-8)10(6-11)7-12/h10-14H,2-9H2,1H3;2-5,12-14H,6-9H2,1H3;9-13H,2-8H2,1H3;2-5,11-13H,6-8H2,1H3;2-5,10-12H,6-7H2,1H3. The summed E-state index contributed by atoms with van der Waals surface area (Å²) in [6.07, 6.45) is 16.4. The van der Waals surface area contributed by atoms with Gasteiger partial charge in [-0.2, -0.15) is 0 Å². The van der Waals surface area contributed by atoms with Gasteiger partial charge in [0.05, 0.1) is 13.2 Å². The molecule has 0 amide bonds. The van der Waals surface area contributed by atoms with Crippen molar-refractivity contribution in [2.45, 2.75) is 130 Å². The van der Waals surface area contributed by atoms with E-state index in [1.54, 1.807) is 0 Å². The summed E-state index contributed by atoms with van der Waals surface area (Å²) >= 11 is 0. The Bertz CT molecular complexity index is 1500. The van der Waals surface area contributed by atoms with Crippen molar-refractivity contribution < 1.29 is 51.1 Å². The fourth-order valence-electron chi connectivity index (χ4n) is 8.29.